The monoisotopic (exact) mass is 247 g/mol. The lowest BCUT2D eigenvalue weighted by molar-refractivity contribution is -0.138. The van der Waals surface area contributed by atoms with Crippen molar-refractivity contribution >= 4 is 5.91 Å². The molecule has 0 radical (unpaired) electrons. The summed E-state index contributed by atoms with van der Waals surface area (Å²) in [5.41, 5.74) is 1.19. The number of piperazine rings is 1. The summed E-state index contributed by atoms with van der Waals surface area (Å²) in [6.45, 7) is 2.94. The molecule has 0 aromatic heterocycles. The summed E-state index contributed by atoms with van der Waals surface area (Å²) in [5, 5.41) is 3.19. The van der Waals surface area contributed by atoms with Crippen LogP contribution in [-0.2, 0) is 11.3 Å². The number of hydrogen-bond acceptors (Lipinski definition) is 3. The Kier molecular flexibility index (Phi) is 4.33. The standard InChI is InChI=1S/C14H21N3O/c1-15-8-13-10-17(14(18)11-16(13)2)9-12-6-4-3-5-7-12/h3-7,13,15H,8-11H2,1-2H3. The lowest BCUT2D eigenvalue weighted by atomic mass is 10.1. The van der Waals surface area contributed by atoms with Gasteiger partial charge in [0.1, 0.15) is 0 Å². The fourth-order valence-corrected chi connectivity index (χ4v) is 2.35. The maximum atomic E-state index is 12.0. The predicted molar refractivity (Wildman–Crippen MR) is 72.2 cm³/mol. The molecule has 0 spiro atoms. The van der Waals surface area contributed by atoms with Gasteiger partial charge in [-0.25, -0.2) is 0 Å². The number of benzene rings is 1. The Bertz CT molecular complexity index is 393. The van der Waals surface area contributed by atoms with Crippen LogP contribution in [0, 0.1) is 0 Å². The van der Waals surface area contributed by atoms with Gasteiger partial charge in [-0.3, -0.25) is 9.69 Å². The SMILES string of the molecule is CNCC1CN(Cc2ccccc2)C(=O)CN1C. The normalized spacial score (nSPS) is 21.3. The first-order valence-corrected chi connectivity index (χ1v) is 6.37. The smallest absolute Gasteiger partial charge is 0.237 e. The number of carbonyl (C=O) groups excluding carboxylic acids is 1. The van der Waals surface area contributed by atoms with E-state index in [-0.39, 0.29) is 5.91 Å². The molecule has 2 rings (SSSR count). The maximum absolute atomic E-state index is 12.0. The minimum atomic E-state index is 0.216. The van der Waals surface area contributed by atoms with Crippen LogP contribution >= 0.6 is 0 Å². The summed E-state index contributed by atoms with van der Waals surface area (Å²) >= 11 is 0. The lowest BCUT2D eigenvalue weighted by Crippen LogP contribution is -2.56. The van der Waals surface area contributed by atoms with E-state index < -0.39 is 0 Å². The van der Waals surface area contributed by atoms with E-state index >= 15 is 0 Å². The number of hydrogen-bond donors (Lipinski definition) is 1. The zero-order valence-electron chi connectivity index (χ0n) is 11.1. The van der Waals surface area contributed by atoms with Crippen molar-refractivity contribution in [3.63, 3.8) is 0 Å². The van der Waals surface area contributed by atoms with E-state index in [2.05, 4.69) is 22.3 Å². The Morgan fingerprint density at radius 3 is 2.72 bits per heavy atom. The molecule has 4 nitrogen and oxygen atoms in total. The van der Waals surface area contributed by atoms with Crippen LogP contribution in [0.2, 0.25) is 0 Å². The molecule has 1 unspecified atom stereocenters. The molecule has 1 fully saturated rings. The van der Waals surface area contributed by atoms with Crippen LogP contribution in [0.4, 0.5) is 0 Å². The van der Waals surface area contributed by atoms with Gasteiger partial charge in [0, 0.05) is 25.7 Å². The Labute approximate surface area is 109 Å². The summed E-state index contributed by atoms with van der Waals surface area (Å²) in [7, 11) is 3.96. The second-order valence-electron chi connectivity index (χ2n) is 4.89. The topological polar surface area (TPSA) is 35.6 Å². The van der Waals surface area contributed by atoms with Gasteiger partial charge in [-0.05, 0) is 19.7 Å². The third-order valence-electron chi connectivity index (χ3n) is 3.45. The van der Waals surface area contributed by atoms with E-state index in [1.807, 2.05) is 37.2 Å². The van der Waals surface area contributed by atoms with Crippen molar-refractivity contribution in [1.82, 2.24) is 15.1 Å². The van der Waals surface area contributed by atoms with Crippen molar-refractivity contribution in [1.29, 1.82) is 0 Å². The summed E-state index contributed by atoms with van der Waals surface area (Å²) < 4.78 is 0. The van der Waals surface area contributed by atoms with Gasteiger partial charge in [0.2, 0.25) is 5.91 Å². The molecular weight excluding hydrogens is 226 g/mol. The number of nitrogens with zero attached hydrogens (tertiary/aromatic N) is 2. The number of rotatable bonds is 4. The molecule has 1 N–H and O–H groups in total. The molecule has 1 aromatic carbocycles. The second kappa shape index (κ2) is 5.98. The molecule has 1 aromatic rings. The fourth-order valence-electron chi connectivity index (χ4n) is 2.35. The molecule has 18 heavy (non-hydrogen) atoms. The van der Waals surface area contributed by atoms with Crippen LogP contribution in [0.5, 0.6) is 0 Å². The van der Waals surface area contributed by atoms with Crippen LogP contribution in [0.3, 0.4) is 0 Å². The Balaban J connectivity index is 2.01. The van der Waals surface area contributed by atoms with Gasteiger partial charge in [-0.1, -0.05) is 30.3 Å². The number of nitrogens with one attached hydrogen (secondary N) is 1. The first-order chi connectivity index (χ1) is 8.70. The van der Waals surface area contributed by atoms with E-state index in [9.17, 15) is 4.79 Å². The molecule has 1 aliphatic rings. The van der Waals surface area contributed by atoms with Gasteiger partial charge in [0.15, 0.2) is 0 Å². The van der Waals surface area contributed by atoms with Gasteiger partial charge in [0.05, 0.1) is 6.54 Å². The van der Waals surface area contributed by atoms with Gasteiger partial charge < -0.3 is 10.2 Å². The molecule has 1 heterocycles. The van der Waals surface area contributed by atoms with Crippen molar-refractivity contribution in [2.75, 3.05) is 33.7 Å². The van der Waals surface area contributed by atoms with E-state index in [1.54, 1.807) is 0 Å². The molecule has 1 amide bonds. The second-order valence-corrected chi connectivity index (χ2v) is 4.89. The van der Waals surface area contributed by atoms with E-state index in [0.717, 1.165) is 13.1 Å². The highest BCUT2D eigenvalue weighted by molar-refractivity contribution is 5.79. The van der Waals surface area contributed by atoms with Crippen LogP contribution in [0.25, 0.3) is 0 Å². The zero-order valence-corrected chi connectivity index (χ0v) is 11.1. The van der Waals surface area contributed by atoms with Crippen LogP contribution in [0.1, 0.15) is 5.56 Å². The number of amides is 1. The largest absolute Gasteiger partial charge is 0.336 e. The first-order valence-electron chi connectivity index (χ1n) is 6.37. The molecule has 1 saturated heterocycles. The molecule has 1 atom stereocenters. The lowest BCUT2D eigenvalue weighted by Gasteiger charge is -2.39. The van der Waals surface area contributed by atoms with Gasteiger partial charge in [-0.2, -0.15) is 0 Å². The van der Waals surface area contributed by atoms with Crippen molar-refractivity contribution in [3.05, 3.63) is 35.9 Å². The van der Waals surface area contributed by atoms with E-state index in [0.29, 0.717) is 19.1 Å². The Hall–Kier alpha value is -1.39. The highest BCUT2D eigenvalue weighted by atomic mass is 16.2. The third-order valence-corrected chi connectivity index (χ3v) is 3.45. The highest BCUT2D eigenvalue weighted by Crippen LogP contribution is 2.12. The number of likely N-dealkylation sites (N-methyl/N-ethyl adjacent to an activating group) is 2. The zero-order chi connectivity index (χ0) is 13.0. The Morgan fingerprint density at radius 1 is 1.33 bits per heavy atom. The van der Waals surface area contributed by atoms with Crippen molar-refractivity contribution < 1.29 is 4.79 Å². The average Bonchev–Trinajstić information content (AvgIpc) is 2.37. The molecular formula is C14H21N3O. The van der Waals surface area contributed by atoms with Gasteiger partial charge in [-0.15, -0.1) is 0 Å². The minimum absolute atomic E-state index is 0.216. The average molecular weight is 247 g/mol. The highest BCUT2D eigenvalue weighted by Gasteiger charge is 2.28. The molecule has 0 bridgehead atoms. The van der Waals surface area contributed by atoms with Gasteiger partial charge in [0.25, 0.3) is 0 Å². The summed E-state index contributed by atoms with van der Waals surface area (Å²) in [6, 6.07) is 10.6. The van der Waals surface area contributed by atoms with Crippen LogP contribution < -0.4 is 5.32 Å². The molecule has 98 valence electrons. The van der Waals surface area contributed by atoms with Crippen LogP contribution in [-0.4, -0.2) is 55.5 Å². The third kappa shape index (κ3) is 3.09. The van der Waals surface area contributed by atoms with Crippen molar-refractivity contribution in [3.8, 4) is 0 Å². The minimum Gasteiger partial charge on any atom is -0.336 e. The van der Waals surface area contributed by atoms with E-state index in [1.165, 1.54) is 5.56 Å². The first kappa shape index (κ1) is 13.1. The molecule has 1 aliphatic heterocycles. The molecule has 0 aliphatic carbocycles. The maximum Gasteiger partial charge on any atom is 0.237 e. The quantitative estimate of drug-likeness (QED) is 0.844. The summed E-state index contributed by atoms with van der Waals surface area (Å²) in [4.78, 5) is 16.1. The number of carbonyl (C=O) groups is 1. The molecule has 0 saturated carbocycles. The van der Waals surface area contributed by atoms with E-state index in [4.69, 9.17) is 0 Å². The summed E-state index contributed by atoms with van der Waals surface area (Å²) in [6.07, 6.45) is 0. The summed E-state index contributed by atoms with van der Waals surface area (Å²) in [5.74, 6) is 0.216. The van der Waals surface area contributed by atoms with Crippen LogP contribution in [0.15, 0.2) is 30.3 Å². The van der Waals surface area contributed by atoms with Crippen molar-refractivity contribution in [2.45, 2.75) is 12.6 Å². The predicted octanol–water partition coefficient (Wildman–Crippen LogP) is 0.549. The molecule has 4 heteroatoms. The fraction of sp³-hybridized carbons (Fsp3) is 0.500. The van der Waals surface area contributed by atoms with Crippen molar-refractivity contribution in [2.24, 2.45) is 0 Å². The van der Waals surface area contributed by atoms with Gasteiger partial charge >= 0.3 is 0 Å². The Morgan fingerprint density at radius 2 is 2.06 bits per heavy atom.